The molecule has 0 spiro atoms. The molecular formula is C16H19ClFNO2S. The van der Waals surface area contributed by atoms with Gasteiger partial charge in [0.2, 0.25) is 10.0 Å². The van der Waals surface area contributed by atoms with Gasteiger partial charge in [-0.25, -0.2) is 17.5 Å². The zero-order valence-corrected chi connectivity index (χ0v) is 13.8. The molecule has 120 valence electrons. The van der Waals surface area contributed by atoms with Crippen LogP contribution in [0.1, 0.15) is 38.5 Å². The Bertz CT molecular complexity index is 684. The Balaban J connectivity index is 1.63. The van der Waals surface area contributed by atoms with Crippen molar-refractivity contribution < 1.29 is 12.8 Å². The van der Waals surface area contributed by atoms with Crippen molar-refractivity contribution in [1.29, 1.82) is 0 Å². The summed E-state index contributed by atoms with van der Waals surface area (Å²) in [7, 11) is -3.66. The molecule has 0 unspecified atom stereocenters. The molecule has 1 aromatic carbocycles. The fourth-order valence-electron chi connectivity index (χ4n) is 5.22. The molecule has 0 aliphatic heterocycles. The summed E-state index contributed by atoms with van der Waals surface area (Å²) < 4.78 is 41.6. The molecule has 3 nitrogen and oxygen atoms in total. The first kappa shape index (κ1) is 14.9. The standard InChI is InChI=1S/C16H19ClFNO2S/c17-14-6-13(1-2-15(14)18)22(20,21)19-16-7-10-3-11(8-16)5-12(4-10)9-16/h1-2,6,10-12,19H,3-5,7-9H2. The molecule has 4 fully saturated rings. The summed E-state index contributed by atoms with van der Waals surface area (Å²) in [6, 6.07) is 3.58. The Morgan fingerprint density at radius 1 is 1.09 bits per heavy atom. The van der Waals surface area contributed by atoms with Gasteiger partial charge in [-0.2, -0.15) is 0 Å². The first-order chi connectivity index (χ1) is 10.4. The number of hydrogen-bond donors (Lipinski definition) is 1. The molecule has 0 heterocycles. The predicted molar refractivity (Wildman–Crippen MR) is 82.6 cm³/mol. The van der Waals surface area contributed by atoms with E-state index in [0.717, 1.165) is 25.3 Å². The summed E-state index contributed by atoms with van der Waals surface area (Å²) in [5.74, 6) is 1.37. The maximum absolute atomic E-state index is 13.3. The Morgan fingerprint density at radius 3 is 2.14 bits per heavy atom. The van der Waals surface area contributed by atoms with E-state index in [1.807, 2.05) is 0 Å². The van der Waals surface area contributed by atoms with Crippen molar-refractivity contribution in [2.45, 2.75) is 49.0 Å². The van der Waals surface area contributed by atoms with Gasteiger partial charge in [0.15, 0.2) is 0 Å². The van der Waals surface area contributed by atoms with Crippen molar-refractivity contribution in [3.05, 3.63) is 29.0 Å². The van der Waals surface area contributed by atoms with E-state index in [0.29, 0.717) is 17.8 Å². The van der Waals surface area contributed by atoms with Gasteiger partial charge in [0.1, 0.15) is 5.82 Å². The largest absolute Gasteiger partial charge is 0.241 e. The zero-order valence-electron chi connectivity index (χ0n) is 12.2. The third-order valence-electron chi connectivity index (χ3n) is 5.59. The molecule has 0 saturated heterocycles. The van der Waals surface area contributed by atoms with E-state index in [9.17, 15) is 12.8 Å². The highest BCUT2D eigenvalue weighted by Crippen LogP contribution is 2.55. The minimum absolute atomic E-state index is 0.0506. The average molecular weight is 344 g/mol. The quantitative estimate of drug-likeness (QED) is 0.909. The molecule has 1 N–H and O–H groups in total. The van der Waals surface area contributed by atoms with Crippen LogP contribution in [0.5, 0.6) is 0 Å². The Morgan fingerprint density at radius 2 is 1.64 bits per heavy atom. The maximum Gasteiger partial charge on any atom is 0.241 e. The SMILES string of the molecule is O=S(=O)(NC12CC3CC(CC(C3)C1)C2)c1ccc(F)c(Cl)c1. The van der Waals surface area contributed by atoms with E-state index in [1.54, 1.807) is 0 Å². The fraction of sp³-hybridized carbons (Fsp3) is 0.625. The smallest absolute Gasteiger partial charge is 0.207 e. The second kappa shape index (κ2) is 4.92. The maximum atomic E-state index is 13.3. The summed E-state index contributed by atoms with van der Waals surface area (Å²) in [5.41, 5.74) is -0.297. The molecule has 0 atom stereocenters. The van der Waals surface area contributed by atoms with E-state index in [-0.39, 0.29) is 15.5 Å². The van der Waals surface area contributed by atoms with Gasteiger partial charge < -0.3 is 0 Å². The van der Waals surface area contributed by atoms with E-state index in [4.69, 9.17) is 11.6 Å². The highest BCUT2D eigenvalue weighted by molar-refractivity contribution is 7.89. The molecule has 6 heteroatoms. The number of benzene rings is 1. The molecule has 0 aromatic heterocycles. The minimum atomic E-state index is -3.66. The van der Waals surface area contributed by atoms with Crippen LogP contribution in [-0.2, 0) is 10.0 Å². The molecule has 22 heavy (non-hydrogen) atoms. The molecule has 5 rings (SSSR count). The molecule has 4 bridgehead atoms. The molecular weight excluding hydrogens is 325 g/mol. The van der Waals surface area contributed by atoms with Crippen LogP contribution in [0.2, 0.25) is 5.02 Å². The minimum Gasteiger partial charge on any atom is -0.207 e. The van der Waals surface area contributed by atoms with E-state index in [2.05, 4.69) is 4.72 Å². The number of halogens is 2. The van der Waals surface area contributed by atoms with Crippen LogP contribution in [0, 0.1) is 23.6 Å². The molecule has 4 saturated carbocycles. The lowest BCUT2D eigenvalue weighted by Gasteiger charge is -2.56. The van der Waals surface area contributed by atoms with E-state index in [1.165, 1.54) is 31.4 Å². The topological polar surface area (TPSA) is 46.2 Å². The van der Waals surface area contributed by atoms with Crippen LogP contribution in [0.4, 0.5) is 4.39 Å². The molecule has 0 radical (unpaired) electrons. The Labute approximate surface area is 135 Å². The first-order valence-electron chi connectivity index (χ1n) is 7.84. The van der Waals surface area contributed by atoms with Gasteiger partial charge in [0.05, 0.1) is 9.92 Å². The van der Waals surface area contributed by atoms with Gasteiger partial charge in [0, 0.05) is 5.54 Å². The Hall–Kier alpha value is -0.650. The van der Waals surface area contributed by atoms with Gasteiger partial charge in [-0.3, -0.25) is 0 Å². The summed E-state index contributed by atoms with van der Waals surface area (Å²) in [5, 5.41) is -0.159. The number of rotatable bonds is 3. The third kappa shape index (κ3) is 2.47. The van der Waals surface area contributed by atoms with E-state index < -0.39 is 15.8 Å². The van der Waals surface area contributed by atoms with Crippen molar-refractivity contribution in [2.24, 2.45) is 17.8 Å². The van der Waals surface area contributed by atoms with Crippen LogP contribution < -0.4 is 4.72 Å². The third-order valence-corrected chi connectivity index (χ3v) is 7.46. The molecule has 0 amide bonds. The monoisotopic (exact) mass is 343 g/mol. The van der Waals surface area contributed by atoms with Crippen molar-refractivity contribution >= 4 is 21.6 Å². The van der Waals surface area contributed by atoms with E-state index >= 15 is 0 Å². The van der Waals surface area contributed by atoms with Gasteiger partial charge in [-0.15, -0.1) is 0 Å². The second-order valence-electron chi connectivity index (χ2n) is 7.38. The first-order valence-corrected chi connectivity index (χ1v) is 9.70. The fourth-order valence-corrected chi connectivity index (χ4v) is 6.93. The summed E-state index contributed by atoms with van der Waals surface area (Å²) in [6.07, 6.45) is 6.57. The summed E-state index contributed by atoms with van der Waals surface area (Å²) in [6.45, 7) is 0. The second-order valence-corrected chi connectivity index (χ2v) is 9.47. The number of hydrogen-bond acceptors (Lipinski definition) is 2. The lowest BCUT2D eigenvalue weighted by Crippen LogP contribution is -2.59. The predicted octanol–water partition coefficient (Wildman–Crippen LogP) is 3.73. The zero-order chi connectivity index (χ0) is 15.5. The normalized spacial score (nSPS) is 36.7. The average Bonchev–Trinajstić information content (AvgIpc) is 2.38. The lowest BCUT2D eigenvalue weighted by molar-refractivity contribution is -0.00810. The highest BCUT2D eigenvalue weighted by atomic mass is 35.5. The van der Waals surface area contributed by atoms with Gasteiger partial charge in [-0.05, 0) is 74.5 Å². The van der Waals surface area contributed by atoms with Gasteiger partial charge >= 0.3 is 0 Å². The molecule has 1 aromatic rings. The van der Waals surface area contributed by atoms with Gasteiger partial charge in [-0.1, -0.05) is 11.6 Å². The van der Waals surface area contributed by atoms with Crippen LogP contribution in [-0.4, -0.2) is 14.0 Å². The highest BCUT2D eigenvalue weighted by Gasteiger charge is 2.52. The van der Waals surface area contributed by atoms with Crippen molar-refractivity contribution in [2.75, 3.05) is 0 Å². The van der Waals surface area contributed by atoms with Crippen LogP contribution in [0.3, 0.4) is 0 Å². The molecule has 4 aliphatic carbocycles. The van der Waals surface area contributed by atoms with Crippen molar-refractivity contribution in [1.82, 2.24) is 4.72 Å². The lowest BCUT2D eigenvalue weighted by atomic mass is 9.53. The van der Waals surface area contributed by atoms with Crippen molar-refractivity contribution in [3.8, 4) is 0 Å². The number of nitrogens with one attached hydrogen (secondary N) is 1. The van der Waals surface area contributed by atoms with Crippen LogP contribution >= 0.6 is 11.6 Å². The Kier molecular flexibility index (Phi) is 3.34. The van der Waals surface area contributed by atoms with Crippen molar-refractivity contribution in [3.63, 3.8) is 0 Å². The van der Waals surface area contributed by atoms with Crippen LogP contribution in [0.25, 0.3) is 0 Å². The van der Waals surface area contributed by atoms with Crippen LogP contribution in [0.15, 0.2) is 23.1 Å². The summed E-state index contributed by atoms with van der Waals surface area (Å²) in [4.78, 5) is 0.0506. The van der Waals surface area contributed by atoms with Gasteiger partial charge in [0.25, 0.3) is 0 Å². The summed E-state index contributed by atoms with van der Waals surface area (Å²) >= 11 is 5.73. The number of sulfonamides is 1. The molecule has 4 aliphatic rings.